The van der Waals surface area contributed by atoms with Gasteiger partial charge in [0.2, 0.25) is 0 Å². The first-order valence-electron chi connectivity index (χ1n) is 5.40. The predicted molar refractivity (Wildman–Crippen MR) is 72.8 cm³/mol. The van der Waals surface area contributed by atoms with E-state index < -0.39 is 22.8 Å². The average molecular weight is 305 g/mol. The molecular formula is C10H15N3O4S2. The lowest BCUT2D eigenvalue weighted by atomic mass is 10.4. The lowest BCUT2D eigenvalue weighted by Crippen LogP contribution is -2.42. The van der Waals surface area contributed by atoms with Gasteiger partial charge in [-0.15, -0.1) is 11.3 Å². The topological polar surface area (TPSA) is 108 Å². The highest BCUT2D eigenvalue weighted by atomic mass is 32.2. The second kappa shape index (κ2) is 7.19. The maximum atomic E-state index is 11.5. The summed E-state index contributed by atoms with van der Waals surface area (Å²) in [6, 6.07) is -0.596. The summed E-state index contributed by atoms with van der Waals surface area (Å²) < 4.78 is 11.0. The van der Waals surface area contributed by atoms with Crippen molar-refractivity contribution in [3.63, 3.8) is 0 Å². The third kappa shape index (κ3) is 5.79. The van der Waals surface area contributed by atoms with Crippen LogP contribution in [-0.2, 0) is 17.3 Å². The Labute approximate surface area is 116 Å². The number of nitrogens with one attached hydrogen (secondary N) is 2. The molecule has 1 aromatic rings. The van der Waals surface area contributed by atoms with Crippen molar-refractivity contribution >= 4 is 34.1 Å². The standard InChI is InChI=1S/C10H15N3O4S2/c1-6(5-19(2)17)12-10(16)11-3-8-13-7(4-18-8)9(14)15/h4,6H,3,5H2,1-2H3,(H,14,15)(H2,11,12,16). The molecule has 2 atom stereocenters. The first-order chi connectivity index (χ1) is 8.88. The van der Waals surface area contributed by atoms with Crippen LogP contribution in [0.25, 0.3) is 0 Å². The summed E-state index contributed by atoms with van der Waals surface area (Å²) in [5, 5.41) is 15.8. The first-order valence-corrected chi connectivity index (χ1v) is 8.01. The monoisotopic (exact) mass is 305 g/mol. The van der Waals surface area contributed by atoms with E-state index in [9.17, 15) is 13.8 Å². The third-order valence-corrected chi connectivity index (χ3v) is 3.85. The van der Waals surface area contributed by atoms with Crippen LogP contribution in [-0.4, -0.2) is 44.4 Å². The fourth-order valence-electron chi connectivity index (χ4n) is 1.31. The number of hydrogen-bond acceptors (Lipinski definition) is 5. The van der Waals surface area contributed by atoms with Crippen LogP contribution in [0.5, 0.6) is 0 Å². The van der Waals surface area contributed by atoms with Gasteiger partial charge in [-0.2, -0.15) is 0 Å². The van der Waals surface area contributed by atoms with Crippen molar-refractivity contribution in [3.8, 4) is 0 Å². The average Bonchev–Trinajstić information content (AvgIpc) is 2.73. The highest BCUT2D eigenvalue weighted by Gasteiger charge is 2.11. The largest absolute Gasteiger partial charge is 0.476 e. The summed E-state index contributed by atoms with van der Waals surface area (Å²) in [5.41, 5.74) is -0.0306. The van der Waals surface area contributed by atoms with Gasteiger partial charge in [0.25, 0.3) is 0 Å². The van der Waals surface area contributed by atoms with Crippen molar-refractivity contribution in [2.45, 2.75) is 19.5 Å². The van der Waals surface area contributed by atoms with E-state index in [0.29, 0.717) is 10.8 Å². The number of carboxylic acid groups (broad SMARTS) is 1. The highest BCUT2D eigenvalue weighted by Crippen LogP contribution is 2.09. The smallest absolute Gasteiger partial charge is 0.355 e. The quantitative estimate of drug-likeness (QED) is 0.705. The number of amides is 2. The molecule has 106 valence electrons. The van der Waals surface area contributed by atoms with Gasteiger partial charge >= 0.3 is 12.0 Å². The molecule has 1 heterocycles. The van der Waals surface area contributed by atoms with Crippen LogP contribution in [0, 0.1) is 0 Å². The molecule has 0 radical (unpaired) electrons. The molecule has 1 rings (SSSR count). The molecular weight excluding hydrogens is 290 g/mol. The van der Waals surface area contributed by atoms with Crippen molar-refractivity contribution in [3.05, 3.63) is 16.1 Å². The lowest BCUT2D eigenvalue weighted by Gasteiger charge is -2.12. The van der Waals surface area contributed by atoms with Crippen LogP contribution in [0.2, 0.25) is 0 Å². The molecule has 0 spiro atoms. The zero-order valence-electron chi connectivity index (χ0n) is 10.5. The van der Waals surface area contributed by atoms with Gasteiger partial charge < -0.3 is 15.7 Å². The third-order valence-electron chi connectivity index (χ3n) is 2.03. The summed E-state index contributed by atoms with van der Waals surface area (Å²) in [5.74, 6) is -0.709. The summed E-state index contributed by atoms with van der Waals surface area (Å²) in [6.45, 7) is 1.92. The molecule has 0 aromatic carbocycles. The van der Waals surface area contributed by atoms with Crippen LogP contribution in [0.1, 0.15) is 22.4 Å². The number of carbonyl (C=O) groups excluding carboxylic acids is 1. The molecule has 0 saturated carbocycles. The van der Waals surface area contributed by atoms with E-state index in [1.807, 2.05) is 0 Å². The molecule has 2 unspecified atom stereocenters. The predicted octanol–water partition coefficient (Wildman–Crippen LogP) is 0.408. The minimum absolute atomic E-state index is 0.0306. The minimum atomic E-state index is -1.09. The molecule has 0 aliphatic carbocycles. The van der Waals surface area contributed by atoms with Crippen LogP contribution in [0.4, 0.5) is 4.79 Å². The van der Waals surface area contributed by atoms with E-state index in [0.717, 1.165) is 0 Å². The molecule has 3 N–H and O–H groups in total. The Kier molecular flexibility index (Phi) is 5.90. The van der Waals surface area contributed by atoms with Crippen molar-refractivity contribution in [1.29, 1.82) is 0 Å². The molecule has 0 saturated heterocycles. The van der Waals surface area contributed by atoms with Crippen molar-refractivity contribution < 1.29 is 18.9 Å². The first kappa shape index (κ1) is 15.6. The zero-order valence-corrected chi connectivity index (χ0v) is 12.1. The van der Waals surface area contributed by atoms with Crippen LogP contribution >= 0.6 is 11.3 Å². The number of aromatic nitrogens is 1. The number of aromatic carboxylic acids is 1. The van der Waals surface area contributed by atoms with Gasteiger partial charge in [-0.1, -0.05) is 0 Å². The van der Waals surface area contributed by atoms with Gasteiger partial charge in [0.15, 0.2) is 5.69 Å². The molecule has 19 heavy (non-hydrogen) atoms. The Balaban J connectivity index is 2.37. The second-order valence-corrected chi connectivity index (χ2v) is 6.32. The van der Waals surface area contributed by atoms with Gasteiger partial charge in [0.1, 0.15) is 5.01 Å². The summed E-state index contributed by atoms with van der Waals surface area (Å²) in [4.78, 5) is 25.9. The number of hydrogen-bond donors (Lipinski definition) is 3. The highest BCUT2D eigenvalue weighted by molar-refractivity contribution is 7.84. The van der Waals surface area contributed by atoms with E-state index in [-0.39, 0.29) is 18.3 Å². The van der Waals surface area contributed by atoms with Crippen LogP contribution < -0.4 is 10.6 Å². The van der Waals surface area contributed by atoms with Crippen molar-refractivity contribution in [2.75, 3.05) is 12.0 Å². The van der Waals surface area contributed by atoms with Crippen LogP contribution in [0.3, 0.4) is 0 Å². The van der Waals surface area contributed by atoms with Gasteiger partial charge in [0.05, 0.1) is 6.54 Å². The number of carboxylic acids is 1. The Hall–Kier alpha value is -1.48. The Morgan fingerprint density at radius 1 is 1.58 bits per heavy atom. The van der Waals surface area contributed by atoms with Gasteiger partial charge in [-0.25, -0.2) is 14.6 Å². The molecule has 2 amide bonds. The molecule has 0 aliphatic rings. The fraction of sp³-hybridized carbons (Fsp3) is 0.500. The molecule has 1 aromatic heterocycles. The number of thiazole rings is 1. The van der Waals surface area contributed by atoms with E-state index in [4.69, 9.17) is 5.11 Å². The molecule has 0 bridgehead atoms. The van der Waals surface area contributed by atoms with Crippen LogP contribution in [0.15, 0.2) is 5.38 Å². The maximum absolute atomic E-state index is 11.5. The van der Waals surface area contributed by atoms with Gasteiger partial charge in [-0.3, -0.25) is 4.21 Å². The van der Waals surface area contributed by atoms with Crippen molar-refractivity contribution in [2.24, 2.45) is 0 Å². The fourth-order valence-corrected chi connectivity index (χ4v) is 2.81. The normalized spacial score (nSPS) is 13.6. The summed E-state index contributed by atoms with van der Waals surface area (Å²) in [6.07, 6.45) is 1.57. The van der Waals surface area contributed by atoms with Gasteiger partial charge in [0, 0.05) is 34.2 Å². The van der Waals surface area contributed by atoms with E-state index in [2.05, 4.69) is 15.6 Å². The molecule has 9 heteroatoms. The number of nitrogens with zero attached hydrogens (tertiary/aromatic N) is 1. The van der Waals surface area contributed by atoms with E-state index in [1.165, 1.54) is 16.7 Å². The summed E-state index contributed by atoms with van der Waals surface area (Å²) >= 11 is 1.17. The van der Waals surface area contributed by atoms with Crippen molar-refractivity contribution in [1.82, 2.24) is 15.6 Å². The Bertz CT molecular complexity index is 489. The SMILES string of the molecule is CC(CS(C)=O)NC(=O)NCc1nc(C(=O)O)cs1. The Morgan fingerprint density at radius 3 is 2.79 bits per heavy atom. The molecule has 0 aliphatic heterocycles. The maximum Gasteiger partial charge on any atom is 0.355 e. The lowest BCUT2D eigenvalue weighted by molar-refractivity contribution is 0.0691. The number of carbonyl (C=O) groups is 2. The minimum Gasteiger partial charge on any atom is -0.476 e. The number of rotatable bonds is 6. The second-order valence-electron chi connectivity index (χ2n) is 3.90. The summed E-state index contributed by atoms with van der Waals surface area (Å²) in [7, 11) is -0.972. The zero-order chi connectivity index (χ0) is 14.4. The molecule has 7 nitrogen and oxygen atoms in total. The number of urea groups is 1. The van der Waals surface area contributed by atoms with E-state index >= 15 is 0 Å². The Morgan fingerprint density at radius 2 is 2.26 bits per heavy atom. The molecule has 0 fully saturated rings. The van der Waals surface area contributed by atoms with E-state index in [1.54, 1.807) is 13.2 Å². The van der Waals surface area contributed by atoms with Gasteiger partial charge in [-0.05, 0) is 6.92 Å².